The molecule has 0 radical (unpaired) electrons. The number of aryl methyl sites for hydroxylation is 4. The Kier molecular flexibility index (Phi) is 4.62. The molecule has 0 spiro atoms. The maximum atomic E-state index is 12.9. The van der Waals surface area contributed by atoms with Crippen LogP contribution < -0.4 is 0 Å². The minimum atomic E-state index is -0.0496. The number of rotatable bonds is 4. The summed E-state index contributed by atoms with van der Waals surface area (Å²) < 4.78 is 0. The highest BCUT2D eigenvalue weighted by atomic mass is 16.1. The fourth-order valence-corrected chi connectivity index (χ4v) is 2.78. The lowest BCUT2D eigenvalue weighted by Crippen LogP contribution is -2.14. The molecule has 2 aromatic rings. The van der Waals surface area contributed by atoms with E-state index in [4.69, 9.17) is 0 Å². The van der Waals surface area contributed by atoms with Crippen LogP contribution in [-0.2, 0) is 0 Å². The van der Waals surface area contributed by atoms with Gasteiger partial charge in [-0.25, -0.2) is 0 Å². The summed E-state index contributed by atoms with van der Waals surface area (Å²) >= 11 is 0. The van der Waals surface area contributed by atoms with E-state index in [1.807, 2.05) is 13.0 Å². The van der Waals surface area contributed by atoms with Gasteiger partial charge in [0.2, 0.25) is 0 Å². The molecule has 0 bridgehead atoms. The molecule has 0 heterocycles. The molecule has 0 N–H and O–H groups in total. The molecule has 1 heteroatoms. The molecular formula is C20H24O. The van der Waals surface area contributed by atoms with Gasteiger partial charge in [-0.3, -0.25) is 4.79 Å². The minimum Gasteiger partial charge on any atom is -0.293 e. The van der Waals surface area contributed by atoms with Gasteiger partial charge < -0.3 is 0 Å². The fraction of sp³-hybridized carbons (Fsp3) is 0.350. The van der Waals surface area contributed by atoms with Crippen molar-refractivity contribution in [1.29, 1.82) is 0 Å². The molecule has 1 atom stereocenters. The quantitative estimate of drug-likeness (QED) is 0.695. The standard InChI is InChI=1S/C20H24O/c1-6-18(17-9-7-13(2)8-10-17)20(21)19-12-15(4)14(3)11-16(19)5/h7-12,18H,6H2,1-5H3. The molecule has 0 saturated carbocycles. The second-order valence-electron chi connectivity index (χ2n) is 5.99. The van der Waals surface area contributed by atoms with E-state index in [1.54, 1.807) is 0 Å². The molecule has 110 valence electrons. The minimum absolute atomic E-state index is 0.0496. The number of benzene rings is 2. The SMILES string of the molecule is CCC(C(=O)c1cc(C)c(C)cc1C)c1ccc(C)cc1. The highest BCUT2D eigenvalue weighted by Gasteiger charge is 2.22. The third kappa shape index (κ3) is 3.24. The van der Waals surface area contributed by atoms with Gasteiger partial charge in [0.15, 0.2) is 5.78 Å². The highest BCUT2D eigenvalue weighted by molar-refractivity contribution is 6.02. The summed E-state index contributed by atoms with van der Waals surface area (Å²) in [5.41, 5.74) is 6.71. The summed E-state index contributed by atoms with van der Waals surface area (Å²) in [5, 5.41) is 0. The zero-order valence-electron chi connectivity index (χ0n) is 13.7. The van der Waals surface area contributed by atoms with Crippen molar-refractivity contribution in [3.63, 3.8) is 0 Å². The van der Waals surface area contributed by atoms with Crippen LogP contribution >= 0.6 is 0 Å². The second kappa shape index (κ2) is 6.26. The Balaban J connectivity index is 2.41. The lowest BCUT2D eigenvalue weighted by Gasteiger charge is -2.17. The van der Waals surface area contributed by atoms with Gasteiger partial charge in [0.05, 0.1) is 0 Å². The molecule has 21 heavy (non-hydrogen) atoms. The molecule has 0 aliphatic carbocycles. The first-order chi connectivity index (χ1) is 9.93. The van der Waals surface area contributed by atoms with Crippen molar-refractivity contribution < 1.29 is 4.79 Å². The van der Waals surface area contributed by atoms with Crippen LogP contribution in [0.5, 0.6) is 0 Å². The zero-order chi connectivity index (χ0) is 15.6. The molecule has 0 aliphatic heterocycles. The van der Waals surface area contributed by atoms with Crippen molar-refractivity contribution >= 4 is 5.78 Å². The molecule has 0 fully saturated rings. The second-order valence-corrected chi connectivity index (χ2v) is 5.99. The van der Waals surface area contributed by atoms with Crippen LogP contribution in [-0.4, -0.2) is 5.78 Å². The Morgan fingerprint density at radius 3 is 2.05 bits per heavy atom. The highest BCUT2D eigenvalue weighted by Crippen LogP contribution is 2.27. The zero-order valence-corrected chi connectivity index (χ0v) is 13.7. The summed E-state index contributed by atoms with van der Waals surface area (Å²) in [5.74, 6) is 0.188. The van der Waals surface area contributed by atoms with Crippen molar-refractivity contribution in [3.05, 3.63) is 69.8 Å². The lowest BCUT2D eigenvalue weighted by atomic mass is 9.85. The molecule has 2 aromatic carbocycles. The predicted molar refractivity (Wildman–Crippen MR) is 89.2 cm³/mol. The molecule has 2 rings (SSSR count). The van der Waals surface area contributed by atoms with E-state index < -0.39 is 0 Å². The maximum absolute atomic E-state index is 12.9. The number of carbonyl (C=O) groups is 1. The van der Waals surface area contributed by atoms with Gasteiger partial charge in [0, 0.05) is 11.5 Å². The summed E-state index contributed by atoms with van der Waals surface area (Å²) in [4.78, 5) is 12.9. The van der Waals surface area contributed by atoms with Crippen LogP contribution in [0.25, 0.3) is 0 Å². The Morgan fingerprint density at radius 1 is 0.905 bits per heavy atom. The van der Waals surface area contributed by atoms with Gasteiger partial charge >= 0.3 is 0 Å². The smallest absolute Gasteiger partial charge is 0.170 e. The van der Waals surface area contributed by atoms with E-state index in [2.05, 4.69) is 58.0 Å². The average molecular weight is 280 g/mol. The first kappa shape index (κ1) is 15.5. The lowest BCUT2D eigenvalue weighted by molar-refractivity contribution is 0.0956. The van der Waals surface area contributed by atoms with Crippen molar-refractivity contribution in [1.82, 2.24) is 0 Å². The molecule has 0 aromatic heterocycles. The van der Waals surface area contributed by atoms with Crippen LogP contribution in [0.4, 0.5) is 0 Å². The normalized spacial score (nSPS) is 12.2. The van der Waals surface area contributed by atoms with Gasteiger partial charge in [-0.15, -0.1) is 0 Å². The third-order valence-corrected chi connectivity index (χ3v) is 4.31. The first-order valence-corrected chi connectivity index (χ1v) is 7.62. The van der Waals surface area contributed by atoms with E-state index in [0.717, 1.165) is 23.1 Å². The Labute approximate surface area is 128 Å². The molecular weight excluding hydrogens is 256 g/mol. The number of hydrogen-bond acceptors (Lipinski definition) is 1. The largest absolute Gasteiger partial charge is 0.293 e. The number of ketones is 1. The van der Waals surface area contributed by atoms with Gasteiger partial charge in [0.1, 0.15) is 0 Å². The van der Waals surface area contributed by atoms with Gasteiger partial charge in [0.25, 0.3) is 0 Å². The van der Waals surface area contributed by atoms with Crippen molar-refractivity contribution in [2.24, 2.45) is 0 Å². The van der Waals surface area contributed by atoms with E-state index in [-0.39, 0.29) is 11.7 Å². The van der Waals surface area contributed by atoms with Crippen LogP contribution in [0.15, 0.2) is 36.4 Å². The van der Waals surface area contributed by atoms with Crippen LogP contribution in [0.3, 0.4) is 0 Å². The first-order valence-electron chi connectivity index (χ1n) is 7.62. The number of carbonyl (C=O) groups excluding carboxylic acids is 1. The van der Waals surface area contributed by atoms with Crippen molar-refractivity contribution in [2.45, 2.75) is 47.0 Å². The fourth-order valence-electron chi connectivity index (χ4n) is 2.78. The maximum Gasteiger partial charge on any atom is 0.170 e. The van der Waals surface area contributed by atoms with E-state index in [1.165, 1.54) is 16.7 Å². The van der Waals surface area contributed by atoms with Gasteiger partial charge in [-0.2, -0.15) is 0 Å². The van der Waals surface area contributed by atoms with Crippen molar-refractivity contribution in [3.8, 4) is 0 Å². The van der Waals surface area contributed by atoms with E-state index in [0.29, 0.717) is 0 Å². The third-order valence-electron chi connectivity index (χ3n) is 4.31. The summed E-state index contributed by atoms with van der Waals surface area (Å²) in [7, 11) is 0. The summed E-state index contributed by atoms with van der Waals surface area (Å²) in [6.07, 6.45) is 0.828. The van der Waals surface area contributed by atoms with Gasteiger partial charge in [-0.05, 0) is 62.4 Å². The topological polar surface area (TPSA) is 17.1 Å². The molecule has 1 nitrogen and oxygen atoms in total. The molecule has 0 aliphatic rings. The van der Waals surface area contributed by atoms with Crippen molar-refractivity contribution in [2.75, 3.05) is 0 Å². The average Bonchev–Trinajstić information content (AvgIpc) is 2.45. The Morgan fingerprint density at radius 2 is 1.48 bits per heavy atom. The van der Waals surface area contributed by atoms with Crippen LogP contribution in [0.1, 0.15) is 57.4 Å². The summed E-state index contributed by atoms with van der Waals surface area (Å²) in [6, 6.07) is 12.5. The van der Waals surface area contributed by atoms with Crippen LogP contribution in [0.2, 0.25) is 0 Å². The Hall–Kier alpha value is -1.89. The number of hydrogen-bond donors (Lipinski definition) is 0. The predicted octanol–water partition coefficient (Wildman–Crippen LogP) is 5.30. The Bertz CT molecular complexity index is 650. The monoisotopic (exact) mass is 280 g/mol. The van der Waals surface area contributed by atoms with E-state index >= 15 is 0 Å². The number of Topliss-reactive ketones (excluding diaryl/α,β-unsaturated/α-hetero) is 1. The molecule has 0 amide bonds. The van der Waals surface area contributed by atoms with Gasteiger partial charge in [-0.1, -0.05) is 42.8 Å². The summed E-state index contributed by atoms with van der Waals surface area (Å²) in [6.45, 7) is 10.3. The molecule has 0 saturated heterocycles. The van der Waals surface area contributed by atoms with Crippen LogP contribution in [0, 0.1) is 27.7 Å². The van der Waals surface area contributed by atoms with E-state index in [9.17, 15) is 4.79 Å². The molecule has 1 unspecified atom stereocenters.